The summed E-state index contributed by atoms with van der Waals surface area (Å²) in [6.45, 7) is 5.54. The van der Waals surface area contributed by atoms with Crippen molar-refractivity contribution in [3.05, 3.63) is 24.4 Å². The standard InChI is InChI=1S/C22H38N4O2S2/c1-3-5-12-20(27)19(11-7-9-15-23)26(17-6-4-2)25-21(28)14-18-29-30-22-13-8-10-16-24-22/h8,10,13,16,19H,3-7,9,11-12,14-15,17-18,23H2,1-2H3,(H,25,28)/t19-/m0/s1. The van der Waals surface area contributed by atoms with Crippen molar-refractivity contribution < 1.29 is 9.59 Å². The molecule has 6 nitrogen and oxygen atoms in total. The Balaban J connectivity index is 2.60. The van der Waals surface area contributed by atoms with Gasteiger partial charge in [0.2, 0.25) is 5.91 Å². The fourth-order valence-corrected chi connectivity index (χ4v) is 4.83. The second-order valence-electron chi connectivity index (χ2n) is 7.28. The molecule has 0 aromatic carbocycles. The highest BCUT2D eigenvalue weighted by molar-refractivity contribution is 8.76. The van der Waals surface area contributed by atoms with E-state index in [-0.39, 0.29) is 17.7 Å². The van der Waals surface area contributed by atoms with Crippen LogP contribution < -0.4 is 11.2 Å². The molecule has 30 heavy (non-hydrogen) atoms. The first-order chi connectivity index (χ1) is 14.6. The van der Waals surface area contributed by atoms with Gasteiger partial charge in [0.05, 0.1) is 6.04 Å². The lowest BCUT2D eigenvalue weighted by Crippen LogP contribution is -2.52. The molecule has 0 saturated heterocycles. The van der Waals surface area contributed by atoms with Gasteiger partial charge in [-0.15, -0.1) is 0 Å². The first-order valence-electron chi connectivity index (χ1n) is 11.1. The van der Waals surface area contributed by atoms with Crippen LogP contribution >= 0.6 is 21.6 Å². The number of nitrogens with one attached hydrogen (secondary N) is 1. The quantitative estimate of drug-likeness (QED) is 0.190. The van der Waals surface area contributed by atoms with Crippen LogP contribution in [-0.2, 0) is 9.59 Å². The van der Waals surface area contributed by atoms with E-state index < -0.39 is 0 Å². The maximum Gasteiger partial charge on any atom is 0.235 e. The maximum atomic E-state index is 12.9. The summed E-state index contributed by atoms with van der Waals surface area (Å²) in [7, 11) is 3.19. The highest BCUT2D eigenvalue weighted by Crippen LogP contribution is 2.29. The minimum atomic E-state index is -0.255. The Hall–Kier alpha value is -1.09. The van der Waals surface area contributed by atoms with E-state index in [1.807, 2.05) is 23.2 Å². The zero-order valence-electron chi connectivity index (χ0n) is 18.5. The molecule has 8 heteroatoms. The van der Waals surface area contributed by atoms with Gasteiger partial charge in [-0.1, -0.05) is 50.0 Å². The van der Waals surface area contributed by atoms with Crippen LogP contribution in [0.5, 0.6) is 0 Å². The Labute approximate surface area is 189 Å². The van der Waals surface area contributed by atoms with E-state index in [0.717, 1.165) is 50.0 Å². The van der Waals surface area contributed by atoms with Gasteiger partial charge in [-0.3, -0.25) is 15.0 Å². The average Bonchev–Trinajstić information content (AvgIpc) is 2.76. The number of nitrogens with two attached hydrogens (primary N) is 1. The lowest BCUT2D eigenvalue weighted by molar-refractivity contribution is -0.132. The van der Waals surface area contributed by atoms with E-state index in [0.29, 0.717) is 31.7 Å². The Bertz CT molecular complexity index is 590. The van der Waals surface area contributed by atoms with Gasteiger partial charge in [-0.25, -0.2) is 9.99 Å². The van der Waals surface area contributed by atoms with Gasteiger partial charge in [0.25, 0.3) is 0 Å². The molecule has 0 aliphatic rings. The molecule has 3 N–H and O–H groups in total. The lowest BCUT2D eigenvalue weighted by Gasteiger charge is -2.31. The van der Waals surface area contributed by atoms with Crippen molar-refractivity contribution in [3.8, 4) is 0 Å². The zero-order chi connectivity index (χ0) is 22.0. The van der Waals surface area contributed by atoms with Crippen LogP contribution in [0.1, 0.15) is 71.6 Å². The van der Waals surface area contributed by atoms with E-state index in [4.69, 9.17) is 5.73 Å². The van der Waals surface area contributed by atoms with Crippen LogP contribution in [0.15, 0.2) is 29.4 Å². The molecule has 0 bridgehead atoms. The first kappa shape index (κ1) is 26.9. The highest BCUT2D eigenvalue weighted by Gasteiger charge is 2.26. The monoisotopic (exact) mass is 454 g/mol. The number of hydrazine groups is 1. The predicted molar refractivity (Wildman–Crippen MR) is 128 cm³/mol. The molecule has 0 saturated carbocycles. The molecule has 0 radical (unpaired) electrons. The summed E-state index contributed by atoms with van der Waals surface area (Å²) in [6.07, 6.45) is 9.13. The number of Topliss-reactive ketones (excluding diaryl/α,β-unsaturated/α-hetero) is 1. The van der Waals surface area contributed by atoms with Gasteiger partial charge >= 0.3 is 0 Å². The van der Waals surface area contributed by atoms with Crippen LogP contribution in [0.2, 0.25) is 0 Å². The highest BCUT2D eigenvalue weighted by atomic mass is 33.1. The summed E-state index contributed by atoms with van der Waals surface area (Å²) in [5.74, 6) is 0.883. The minimum absolute atomic E-state index is 0.0349. The largest absolute Gasteiger partial charge is 0.330 e. The first-order valence-corrected chi connectivity index (χ1v) is 13.4. The van der Waals surface area contributed by atoms with Crippen LogP contribution in [-0.4, -0.2) is 46.6 Å². The summed E-state index contributed by atoms with van der Waals surface area (Å²) in [4.78, 5) is 29.7. The van der Waals surface area contributed by atoms with E-state index >= 15 is 0 Å². The second kappa shape index (κ2) is 17.6. The van der Waals surface area contributed by atoms with Gasteiger partial charge in [-0.05, 0) is 55.2 Å². The summed E-state index contributed by atoms with van der Waals surface area (Å²) in [5.41, 5.74) is 8.68. The second-order valence-corrected chi connectivity index (χ2v) is 9.71. The van der Waals surface area contributed by atoms with Gasteiger partial charge in [-0.2, -0.15) is 0 Å². The number of hydrogen-bond donors (Lipinski definition) is 2. The van der Waals surface area contributed by atoms with E-state index in [1.165, 1.54) is 0 Å². The van der Waals surface area contributed by atoms with Crippen molar-refractivity contribution >= 4 is 33.3 Å². The van der Waals surface area contributed by atoms with E-state index in [2.05, 4.69) is 24.3 Å². The third-order valence-electron chi connectivity index (χ3n) is 4.67. The normalized spacial score (nSPS) is 12.1. The molecule has 1 atom stereocenters. The molecule has 170 valence electrons. The third kappa shape index (κ3) is 11.9. The maximum absolute atomic E-state index is 12.9. The Kier molecular flexibility index (Phi) is 15.8. The predicted octanol–water partition coefficient (Wildman–Crippen LogP) is 4.60. The summed E-state index contributed by atoms with van der Waals surface area (Å²) < 4.78 is 0. The SMILES string of the molecule is CCCCC(=O)[C@H](CCCCN)N(CCCC)NC(=O)CCSSc1ccccn1. The Morgan fingerprint density at radius 1 is 1.13 bits per heavy atom. The van der Waals surface area contributed by atoms with Crippen molar-refractivity contribution in [1.82, 2.24) is 15.4 Å². The third-order valence-corrected chi connectivity index (χ3v) is 6.94. The number of ketones is 1. The van der Waals surface area contributed by atoms with Crippen molar-refractivity contribution in [1.29, 1.82) is 0 Å². The van der Waals surface area contributed by atoms with Gasteiger partial charge in [0, 0.05) is 31.3 Å². The summed E-state index contributed by atoms with van der Waals surface area (Å²) in [6, 6.07) is 5.54. The van der Waals surface area contributed by atoms with Crippen LogP contribution in [0.4, 0.5) is 0 Å². The van der Waals surface area contributed by atoms with Gasteiger partial charge < -0.3 is 5.73 Å². The molecule has 1 rings (SSSR count). The molecule has 1 amide bonds. The average molecular weight is 455 g/mol. The van der Waals surface area contributed by atoms with Crippen molar-refractivity contribution in [2.75, 3.05) is 18.8 Å². The summed E-state index contributed by atoms with van der Waals surface area (Å²) >= 11 is 0. The number of unbranched alkanes of at least 4 members (excludes halogenated alkanes) is 3. The number of amides is 1. The number of carbonyl (C=O) groups excluding carboxylic acids is 2. The van der Waals surface area contributed by atoms with Gasteiger partial charge in [0.15, 0.2) is 5.78 Å². The number of aromatic nitrogens is 1. The Morgan fingerprint density at radius 2 is 1.93 bits per heavy atom. The summed E-state index contributed by atoms with van der Waals surface area (Å²) in [5, 5.41) is 2.84. The number of nitrogens with zero attached hydrogens (tertiary/aromatic N) is 2. The molecule has 0 spiro atoms. The fourth-order valence-electron chi connectivity index (χ4n) is 2.96. The molecule has 1 aromatic rings. The van der Waals surface area contributed by atoms with Crippen molar-refractivity contribution in [2.24, 2.45) is 5.73 Å². The smallest absolute Gasteiger partial charge is 0.235 e. The fraction of sp³-hybridized carbons (Fsp3) is 0.682. The number of hydrogen-bond acceptors (Lipinski definition) is 7. The molecule has 0 aliphatic heterocycles. The van der Waals surface area contributed by atoms with Gasteiger partial charge in [0.1, 0.15) is 5.03 Å². The van der Waals surface area contributed by atoms with Crippen LogP contribution in [0.3, 0.4) is 0 Å². The topological polar surface area (TPSA) is 88.3 Å². The molecule has 0 unspecified atom stereocenters. The lowest BCUT2D eigenvalue weighted by atomic mass is 10.00. The van der Waals surface area contributed by atoms with Crippen LogP contribution in [0, 0.1) is 0 Å². The molecular formula is C22H38N4O2S2. The molecule has 0 aliphatic carbocycles. The number of pyridine rings is 1. The molecule has 1 aromatic heterocycles. The van der Waals surface area contributed by atoms with E-state index in [9.17, 15) is 9.59 Å². The Morgan fingerprint density at radius 3 is 2.60 bits per heavy atom. The molecular weight excluding hydrogens is 416 g/mol. The van der Waals surface area contributed by atoms with Crippen molar-refractivity contribution in [2.45, 2.75) is 82.7 Å². The number of rotatable bonds is 18. The van der Waals surface area contributed by atoms with Crippen molar-refractivity contribution in [3.63, 3.8) is 0 Å². The molecule has 1 heterocycles. The number of carbonyl (C=O) groups is 2. The van der Waals surface area contributed by atoms with E-state index in [1.54, 1.807) is 27.8 Å². The zero-order valence-corrected chi connectivity index (χ0v) is 20.1. The minimum Gasteiger partial charge on any atom is -0.330 e. The van der Waals surface area contributed by atoms with Crippen LogP contribution in [0.25, 0.3) is 0 Å². The molecule has 0 fully saturated rings.